The number of nitrogens with one attached hydrogen (secondary N) is 1. The van der Waals surface area contributed by atoms with E-state index in [2.05, 4.69) is 4.98 Å². The lowest BCUT2D eigenvalue weighted by Gasteiger charge is -2.12. The van der Waals surface area contributed by atoms with Crippen LogP contribution < -0.4 is 0 Å². The molecule has 0 radical (unpaired) electrons. The number of aromatic amines is 1. The predicted octanol–water partition coefficient (Wildman–Crippen LogP) is 3.40. The van der Waals surface area contributed by atoms with Gasteiger partial charge in [-0.2, -0.15) is 0 Å². The summed E-state index contributed by atoms with van der Waals surface area (Å²) in [6, 6.07) is 8.74. The molecule has 1 heterocycles. The van der Waals surface area contributed by atoms with Crippen LogP contribution in [0.25, 0.3) is 0 Å². The van der Waals surface area contributed by atoms with Gasteiger partial charge in [-0.1, -0.05) is 29.3 Å². The summed E-state index contributed by atoms with van der Waals surface area (Å²) in [6.07, 6.45) is 0.921. The summed E-state index contributed by atoms with van der Waals surface area (Å²) >= 11 is 12.0. The third kappa shape index (κ3) is 2.02. The highest BCUT2D eigenvalue weighted by atomic mass is 35.5. The van der Waals surface area contributed by atoms with E-state index in [1.165, 1.54) is 0 Å². The number of hydrogen-bond acceptors (Lipinski definition) is 1. The van der Waals surface area contributed by atoms with Crippen LogP contribution in [0.2, 0.25) is 10.0 Å². The van der Waals surface area contributed by atoms with Crippen molar-refractivity contribution in [3.05, 3.63) is 57.8 Å². The standard InChI is InChI=1S/C11H9Cl2NO/c12-7-3-1-4-8(13)10(7)11(15)9-5-2-6-14-9/h1-6,11,14-15H. The number of aliphatic hydroxyl groups excluding tert-OH is 1. The quantitative estimate of drug-likeness (QED) is 0.831. The van der Waals surface area contributed by atoms with E-state index in [-0.39, 0.29) is 0 Å². The molecule has 2 rings (SSSR count). The largest absolute Gasteiger partial charge is 0.382 e. The smallest absolute Gasteiger partial charge is 0.122 e. The number of halogens is 2. The molecule has 0 aliphatic carbocycles. The van der Waals surface area contributed by atoms with Crippen molar-refractivity contribution in [2.45, 2.75) is 6.10 Å². The lowest BCUT2D eigenvalue weighted by molar-refractivity contribution is 0.216. The minimum atomic E-state index is -0.818. The first-order chi connectivity index (χ1) is 7.20. The van der Waals surface area contributed by atoms with Gasteiger partial charge in [0.1, 0.15) is 6.10 Å². The second-order valence-corrected chi connectivity index (χ2v) is 3.98. The molecule has 0 saturated carbocycles. The van der Waals surface area contributed by atoms with Crippen molar-refractivity contribution in [1.82, 2.24) is 4.98 Å². The fraction of sp³-hybridized carbons (Fsp3) is 0.0909. The monoisotopic (exact) mass is 241 g/mol. The van der Waals surface area contributed by atoms with Gasteiger partial charge in [-0.3, -0.25) is 0 Å². The van der Waals surface area contributed by atoms with E-state index in [4.69, 9.17) is 23.2 Å². The molecule has 1 atom stereocenters. The average Bonchev–Trinajstić information content (AvgIpc) is 2.69. The SMILES string of the molecule is OC(c1ccc[nH]1)c1c(Cl)cccc1Cl. The molecule has 1 aromatic carbocycles. The zero-order valence-electron chi connectivity index (χ0n) is 7.74. The third-order valence-corrected chi connectivity index (χ3v) is 2.85. The molecule has 0 aliphatic heterocycles. The van der Waals surface area contributed by atoms with Crippen molar-refractivity contribution in [1.29, 1.82) is 0 Å². The average molecular weight is 242 g/mol. The molecule has 2 nitrogen and oxygen atoms in total. The summed E-state index contributed by atoms with van der Waals surface area (Å²) in [5.41, 5.74) is 1.20. The lowest BCUT2D eigenvalue weighted by Crippen LogP contribution is -2.01. The molecule has 4 heteroatoms. The van der Waals surface area contributed by atoms with Crippen molar-refractivity contribution in [2.24, 2.45) is 0 Å². The molecule has 0 bridgehead atoms. The Balaban J connectivity index is 2.46. The van der Waals surface area contributed by atoms with E-state index in [9.17, 15) is 5.11 Å². The Morgan fingerprint density at radius 1 is 1.07 bits per heavy atom. The van der Waals surface area contributed by atoms with Gasteiger partial charge in [0, 0.05) is 27.5 Å². The van der Waals surface area contributed by atoms with Gasteiger partial charge in [-0.25, -0.2) is 0 Å². The van der Waals surface area contributed by atoms with Gasteiger partial charge in [0.25, 0.3) is 0 Å². The Bertz CT molecular complexity index is 433. The molecule has 0 amide bonds. The van der Waals surface area contributed by atoms with Crippen molar-refractivity contribution in [3.63, 3.8) is 0 Å². The van der Waals surface area contributed by atoms with Crippen LogP contribution in [0.5, 0.6) is 0 Å². The van der Waals surface area contributed by atoms with E-state index in [0.717, 1.165) is 0 Å². The summed E-state index contributed by atoms with van der Waals surface area (Å²) in [7, 11) is 0. The number of H-pyrrole nitrogens is 1. The third-order valence-electron chi connectivity index (χ3n) is 2.19. The van der Waals surface area contributed by atoms with Crippen molar-refractivity contribution in [3.8, 4) is 0 Å². The topological polar surface area (TPSA) is 36.0 Å². The van der Waals surface area contributed by atoms with Crippen molar-refractivity contribution >= 4 is 23.2 Å². The Labute approximate surface area is 97.5 Å². The van der Waals surface area contributed by atoms with Gasteiger partial charge in [0.15, 0.2) is 0 Å². The van der Waals surface area contributed by atoms with Gasteiger partial charge in [0.05, 0.1) is 0 Å². The van der Waals surface area contributed by atoms with Crippen LogP contribution in [-0.4, -0.2) is 10.1 Å². The molecular weight excluding hydrogens is 233 g/mol. The molecular formula is C11H9Cl2NO. The first-order valence-corrected chi connectivity index (χ1v) is 5.21. The minimum absolute atomic E-state index is 0.463. The van der Waals surface area contributed by atoms with Gasteiger partial charge in [0.2, 0.25) is 0 Å². The zero-order valence-corrected chi connectivity index (χ0v) is 9.26. The Hall–Kier alpha value is -0.960. The molecule has 0 fully saturated rings. The molecule has 1 unspecified atom stereocenters. The summed E-state index contributed by atoms with van der Waals surface area (Å²) in [5, 5.41) is 11.0. The number of rotatable bonds is 2. The van der Waals surface area contributed by atoms with Crippen LogP contribution in [0, 0.1) is 0 Å². The van der Waals surface area contributed by atoms with Crippen LogP contribution >= 0.6 is 23.2 Å². The lowest BCUT2D eigenvalue weighted by atomic mass is 10.1. The van der Waals surface area contributed by atoms with Crippen LogP contribution in [0.15, 0.2) is 36.5 Å². The fourth-order valence-corrected chi connectivity index (χ4v) is 2.05. The number of aromatic nitrogens is 1. The van der Waals surface area contributed by atoms with E-state index >= 15 is 0 Å². The van der Waals surface area contributed by atoms with Gasteiger partial charge in [-0.05, 0) is 24.3 Å². The maximum atomic E-state index is 10.0. The van der Waals surface area contributed by atoms with Gasteiger partial charge in [-0.15, -0.1) is 0 Å². The van der Waals surface area contributed by atoms with Gasteiger partial charge >= 0.3 is 0 Å². The molecule has 0 aliphatic rings. The highest BCUT2D eigenvalue weighted by Gasteiger charge is 2.17. The number of benzene rings is 1. The Kier molecular flexibility index (Phi) is 3.00. The van der Waals surface area contributed by atoms with Crippen molar-refractivity contribution < 1.29 is 5.11 Å². The molecule has 0 saturated heterocycles. The van der Waals surface area contributed by atoms with Crippen LogP contribution in [0.4, 0.5) is 0 Å². The predicted molar refractivity (Wildman–Crippen MR) is 61.3 cm³/mol. The Morgan fingerprint density at radius 3 is 2.27 bits per heavy atom. The van der Waals surface area contributed by atoms with E-state index in [0.29, 0.717) is 21.3 Å². The van der Waals surface area contributed by atoms with Crippen LogP contribution in [-0.2, 0) is 0 Å². The summed E-state index contributed by atoms with van der Waals surface area (Å²) in [6.45, 7) is 0. The molecule has 2 N–H and O–H groups in total. The van der Waals surface area contributed by atoms with E-state index < -0.39 is 6.10 Å². The van der Waals surface area contributed by atoms with E-state index in [1.807, 2.05) is 6.07 Å². The molecule has 1 aromatic heterocycles. The minimum Gasteiger partial charge on any atom is -0.382 e. The Morgan fingerprint density at radius 2 is 1.73 bits per heavy atom. The van der Waals surface area contributed by atoms with E-state index in [1.54, 1.807) is 30.5 Å². The second kappa shape index (κ2) is 4.27. The zero-order chi connectivity index (χ0) is 10.8. The first kappa shape index (κ1) is 10.6. The second-order valence-electron chi connectivity index (χ2n) is 3.16. The fourth-order valence-electron chi connectivity index (χ4n) is 1.44. The molecule has 78 valence electrons. The normalized spacial score (nSPS) is 12.7. The maximum Gasteiger partial charge on any atom is 0.122 e. The van der Waals surface area contributed by atoms with Gasteiger partial charge < -0.3 is 10.1 Å². The number of hydrogen-bond donors (Lipinski definition) is 2. The first-order valence-electron chi connectivity index (χ1n) is 4.45. The summed E-state index contributed by atoms with van der Waals surface area (Å²) in [5.74, 6) is 0. The highest BCUT2D eigenvalue weighted by Crippen LogP contribution is 2.33. The van der Waals surface area contributed by atoms with Crippen molar-refractivity contribution in [2.75, 3.05) is 0 Å². The molecule has 2 aromatic rings. The highest BCUT2D eigenvalue weighted by molar-refractivity contribution is 6.36. The number of aliphatic hydroxyl groups is 1. The van der Waals surface area contributed by atoms with Crippen LogP contribution in [0.3, 0.4) is 0 Å². The maximum absolute atomic E-state index is 10.0. The molecule has 0 spiro atoms. The van der Waals surface area contributed by atoms with Crippen LogP contribution in [0.1, 0.15) is 17.4 Å². The molecule has 15 heavy (non-hydrogen) atoms. The summed E-state index contributed by atoms with van der Waals surface area (Å²) < 4.78 is 0. The summed E-state index contributed by atoms with van der Waals surface area (Å²) in [4.78, 5) is 2.92.